The number of aromatic nitrogens is 2. The number of sulfonamides is 1. The highest BCUT2D eigenvalue weighted by Crippen LogP contribution is 2.21. The third kappa shape index (κ3) is 5.16. The highest BCUT2D eigenvalue weighted by atomic mass is 32.2. The van der Waals surface area contributed by atoms with Gasteiger partial charge in [0.25, 0.3) is 0 Å². The molecule has 1 atom stereocenters. The molecule has 10 nitrogen and oxygen atoms in total. The summed E-state index contributed by atoms with van der Waals surface area (Å²) in [6, 6.07) is 11.1. The Morgan fingerprint density at radius 1 is 0.912 bits per heavy atom. The third-order valence-electron chi connectivity index (χ3n) is 5.27. The van der Waals surface area contributed by atoms with Gasteiger partial charge in [-0.15, -0.1) is 0 Å². The second-order valence-electron chi connectivity index (χ2n) is 7.77. The number of hydrogen-bond acceptors (Lipinski definition) is 7. The summed E-state index contributed by atoms with van der Waals surface area (Å²) < 4.78 is 39.7. The largest absolute Gasteiger partial charge is 0.494 e. The molecule has 0 aliphatic heterocycles. The first-order valence-electron chi connectivity index (χ1n) is 10.8. The summed E-state index contributed by atoms with van der Waals surface area (Å²) in [7, 11) is -0.968. The molecule has 2 aromatic carbocycles. The lowest BCUT2D eigenvalue weighted by Crippen LogP contribution is -2.43. The van der Waals surface area contributed by atoms with Crippen LogP contribution in [0.3, 0.4) is 0 Å². The predicted octanol–water partition coefficient (Wildman–Crippen LogP) is 1.27. The first-order valence-corrected chi connectivity index (χ1v) is 12.3. The summed E-state index contributed by atoms with van der Waals surface area (Å²) in [6.45, 7) is 3.97. The molecule has 184 valence electrons. The van der Waals surface area contributed by atoms with Crippen LogP contribution in [-0.4, -0.2) is 60.4 Å². The standard InChI is InChI=1S/C23H29N3O7S/c1-5-25-20-12-11-19(34(30,31)24(3)4)13-21(20)26(23(29)22(25)28)14-16(27)15-33-18-9-7-17(8-10-18)32-6-2/h7-13,16,27H,5-6,14-15H2,1-4H3. The normalized spacial score (nSPS) is 12.8. The van der Waals surface area contributed by atoms with E-state index in [1.54, 1.807) is 31.2 Å². The summed E-state index contributed by atoms with van der Waals surface area (Å²) in [5.41, 5.74) is -0.981. The van der Waals surface area contributed by atoms with E-state index in [1.165, 1.54) is 36.9 Å². The van der Waals surface area contributed by atoms with Crippen molar-refractivity contribution in [2.45, 2.75) is 37.9 Å². The highest BCUT2D eigenvalue weighted by Gasteiger charge is 2.21. The number of ether oxygens (including phenoxy) is 2. The number of hydrogen-bond donors (Lipinski definition) is 1. The predicted molar refractivity (Wildman–Crippen MR) is 128 cm³/mol. The monoisotopic (exact) mass is 491 g/mol. The van der Waals surface area contributed by atoms with Gasteiger partial charge in [0, 0.05) is 20.6 Å². The van der Waals surface area contributed by atoms with Crippen LogP contribution in [0.2, 0.25) is 0 Å². The van der Waals surface area contributed by atoms with Gasteiger partial charge in [-0.1, -0.05) is 0 Å². The highest BCUT2D eigenvalue weighted by molar-refractivity contribution is 7.89. The van der Waals surface area contributed by atoms with E-state index in [0.29, 0.717) is 23.6 Å². The Bertz CT molecular complexity index is 1380. The van der Waals surface area contributed by atoms with E-state index in [9.17, 15) is 23.1 Å². The van der Waals surface area contributed by atoms with Crippen molar-refractivity contribution in [2.24, 2.45) is 0 Å². The average Bonchev–Trinajstić information content (AvgIpc) is 2.81. The van der Waals surface area contributed by atoms with Crippen molar-refractivity contribution in [1.82, 2.24) is 13.4 Å². The second kappa shape index (κ2) is 10.4. The molecule has 1 unspecified atom stereocenters. The number of benzene rings is 2. The lowest BCUT2D eigenvalue weighted by Gasteiger charge is -2.19. The molecule has 0 saturated heterocycles. The summed E-state index contributed by atoms with van der Waals surface area (Å²) >= 11 is 0. The van der Waals surface area contributed by atoms with Crippen molar-refractivity contribution < 1.29 is 23.0 Å². The van der Waals surface area contributed by atoms with E-state index in [-0.39, 0.29) is 30.1 Å². The Morgan fingerprint density at radius 3 is 2.06 bits per heavy atom. The molecule has 0 aliphatic rings. The fraction of sp³-hybridized carbons (Fsp3) is 0.391. The quantitative estimate of drug-likeness (QED) is 0.424. The van der Waals surface area contributed by atoms with E-state index in [2.05, 4.69) is 0 Å². The van der Waals surface area contributed by atoms with Gasteiger partial charge in [-0.3, -0.25) is 14.2 Å². The third-order valence-corrected chi connectivity index (χ3v) is 7.08. The van der Waals surface area contributed by atoms with Crippen LogP contribution in [-0.2, 0) is 23.1 Å². The summed E-state index contributed by atoms with van der Waals surface area (Å²) in [4.78, 5) is 25.5. The fourth-order valence-electron chi connectivity index (χ4n) is 3.52. The van der Waals surface area contributed by atoms with Crippen LogP contribution in [0.1, 0.15) is 13.8 Å². The van der Waals surface area contributed by atoms with Crippen molar-refractivity contribution in [2.75, 3.05) is 27.3 Å². The average molecular weight is 492 g/mol. The summed E-state index contributed by atoms with van der Waals surface area (Å²) in [6.07, 6.45) is -1.14. The van der Waals surface area contributed by atoms with Gasteiger partial charge in [0.15, 0.2) is 0 Å². The van der Waals surface area contributed by atoms with Crippen LogP contribution in [0.25, 0.3) is 11.0 Å². The minimum absolute atomic E-state index is 0.0282. The molecule has 1 N–H and O–H groups in total. The van der Waals surface area contributed by atoms with Crippen LogP contribution >= 0.6 is 0 Å². The Hall–Kier alpha value is -3.15. The molecule has 0 fully saturated rings. The molecule has 0 amide bonds. The molecule has 3 aromatic rings. The van der Waals surface area contributed by atoms with Crippen LogP contribution < -0.4 is 20.6 Å². The minimum atomic E-state index is -3.78. The maximum absolute atomic E-state index is 12.9. The Balaban J connectivity index is 1.95. The molecule has 3 rings (SSSR count). The zero-order valence-corrected chi connectivity index (χ0v) is 20.4. The van der Waals surface area contributed by atoms with Crippen molar-refractivity contribution in [3.05, 3.63) is 63.2 Å². The first kappa shape index (κ1) is 25.5. The van der Waals surface area contributed by atoms with Gasteiger partial charge in [-0.25, -0.2) is 12.7 Å². The zero-order chi connectivity index (χ0) is 25.0. The van der Waals surface area contributed by atoms with Gasteiger partial charge in [-0.2, -0.15) is 0 Å². The molecular weight excluding hydrogens is 462 g/mol. The van der Waals surface area contributed by atoms with E-state index in [4.69, 9.17) is 9.47 Å². The Kier molecular flexibility index (Phi) is 7.80. The Morgan fingerprint density at radius 2 is 1.50 bits per heavy atom. The van der Waals surface area contributed by atoms with Crippen LogP contribution in [0, 0.1) is 0 Å². The SMILES string of the molecule is CCOc1ccc(OCC(O)Cn2c(=O)c(=O)n(CC)c3ccc(S(=O)(=O)N(C)C)cc32)cc1. The van der Waals surface area contributed by atoms with Crippen LogP contribution in [0.15, 0.2) is 56.9 Å². The molecule has 11 heteroatoms. The number of nitrogens with zero attached hydrogens (tertiary/aromatic N) is 3. The maximum Gasteiger partial charge on any atom is 0.317 e. The zero-order valence-electron chi connectivity index (χ0n) is 19.6. The fourth-order valence-corrected chi connectivity index (χ4v) is 4.44. The van der Waals surface area contributed by atoms with Crippen molar-refractivity contribution >= 4 is 21.1 Å². The molecule has 1 aromatic heterocycles. The topological polar surface area (TPSA) is 120 Å². The molecule has 0 spiro atoms. The number of fused-ring (bicyclic) bond motifs is 1. The molecule has 0 saturated carbocycles. The minimum Gasteiger partial charge on any atom is -0.494 e. The number of rotatable bonds is 10. The first-order chi connectivity index (χ1) is 16.1. The number of aliphatic hydroxyl groups excluding tert-OH is 1. The molecular formula is C23H29N3O7S. The van der Waals surface area contributed by atoms with Crippen LogP contribution in [0.5, 0.6) is 11.5 Å². The van der Waals surface area contributed by atoms with Crippen molar-refractivity contribution in [3.63, 3.8) is 0 Å². The van der Waals surface area contributed by atoms with Gasteiger partial charge in [0.1, 0.15) is 24.2 Å². The Labute approximate surface area is 197 Å². The van der Waals surface area contributed by atoms with E-state index < -0.39 is 27.2 Å². The van der Waals surface area contributed by atoms with Gasteiger partial charge >= 0.3 is 11.1 Å². The van der Waals surface area contributed by atoms with E-state index in [0.717, 1.165) is 8.87 Å². The summed E-state index contributed by atoms with van der Waals surface area (Å²) in [5.74, 6) is 1.19. The lowest BCUT2D eigenvalue weighted by molar-refractivity contribution is 0.0925. The number of aryl methyl sites for hydroxylation is 1. The van der Waals surface area contributed by atoms with E-state index in [1.807, 2.05) is 6.92 Å². The second-order valence-corrected chi connectivity index (χ2v) is 9.92. The molecule has 0 radical (unpaired) electrons. The van der Waals surface area contributed by atoms with E-state index >= 15 is 0 Å². The molecule has 1 heterocycles. The van der Waals surface area contributed by atoms with Crippen molar-refractivity contribution in [1.29, 1.82) is 0 Å². The maximum atomic E-state index is 12.9. The molecule has 0 aliphatic carbocycles. The van der Waals surface area contributed by atoms with Gasteiger partial charge < -0.3 is 19.1 Å². The number of aliphatic hydroxyl groups is 1. The van der Waals surface area contributed by atoms with Gasteiger partial charge in [0.2, 0.25) is 10.0 Å². The van der Waals surface area contributed by atoms with Crippen molar-refractivity contribution in [3.8, 4) is 11.5 Å². The van der Waals surface area contributed by atoms with Crippen LogP contribution in [0.4, 0.5) is 0 Å². The van der Waals surface area contributed by atoms with Gasteiger partial charge in [0.05, 0.1) is 29.1 Å². The molecule has 34 heavy (non-hydrogen) atoms. The van der Waals surface area contributed by atoms with Gasteiger partial charge in [-0.05, 0) is 56.3 Å². The smallest absolute Gasteiger partial charge is 0.317 e. The summed E-state index contributed by atoms with van der Waals surface area (Å²) in [5, 5.41) is 10.6. The molecule has 0 bridgehead atoms. The lowest BCUT2D eigenvalue weighted by atomic mass is 10.2.